The lowest BCUT2D eigenvalue weighted by Crippen LogP contribution is -2.07. The SMILES string of the molecule is Cc1ccc(C(F)(F)F)c(/C=C\C(=O)O)c1. The van der Waals surface area contributed by atoms with E-state index in [1.165, 1.54) is 12.1 Å². The molecule has 0 radical (unpaired) electrons. The van der Waals surface area contributed by atoms with Crippen molar-refractivity contribution in [1.82, 2.24) is 0 Å². The molecule has 0 saturated carbocycles. The molecule has 0 bridgehead atoms. The van der Waals surface area contributed by atoms with E-state index in [0.29, 0.717) is 11.6 Å². The highest BCUT2D eigenvalue weighted by Gasteiger charge is 2.32. The minimum absolute atomic E-state index is 0.144. The van der Waals surface area contributed by atoms with Crippen LogP contribution in [0.2, 0.25) is 0 Å². The van der Waals surface area contributed by atoms with E-state index in [1.807, 2.05) is 0 Å². The maximum Gasteiger partial charge on any atom is 0.416 e. The van der Waals surface area contributed by atoms with E-state index in [0.717, 1.165) is 12.1 Å². The van der Waals surface area contributed by atoms with Crippen LogP contribution in [0.1, 0.15) is 16.7 Å². The van der Waals surface area contributed by atoms with Crippen molar-refractivity contribution >= 4 is 12.0 Å². The molecule has 5 heteroatoms. The number of halogens is 3. The zero-order chi connectivity index (χ0) is 12.3. The second-order valence-electron chi connectivity index (χ2n) is 3.26. The average molecular weight is 230 g/mol. The number of alkyl halides is 3. The summed E-state index contributed by atoms with van der Waals surface area (Å²) in [4.78, 5) is 10.3. The lowest BCUT2D eigenvalue weighted by Gasteiger charge is -2.10. The lowest BCUT2D eigenvalue weighted by molar-refractivity contribution is -0.138. The number of benzene rings is 1. The molecule has 1 N–H and O–H groups in total. The predicted molar refractivity (Wildman–Crippen MR) is 52.9 cm³/mol. The largest absolute Gasteiger partial charge is 0.478 e. The van der Waals surface area contributed by atoms with Gasteiger partial charge in [-0.2, -0.15) is 13.2 Å². The second kappa shape index (κ2) is 4.38. The first-order valence-corrected chi connectivity index (χ1v) is 4.39. The molecule has 2 nitrogen and oxygen atoms in total. The first kappa shape index (κ1) is 12.3. The number of carboxylic acid groups (broad SMARTS) is 1. The van der Waals surface area contributed by atoms with Crippen molar-refractivity contribution in [1.29, 1.82) is 0 Å². The summed E-state index contributed by atoms with van der Waals surface area (Å²) in [5.41, 5.74) is -0.344. The zero-order valence-electron chi connectivity index (χ0n) is 8.38. The van der Waals surface area contributed by atoms with Gasteiger partial charge in [0.25, 0.3) is 0 Å². The van der Waals surface area contributed by atoms with Gasteiger partial charge in [-0.15, -0.1) is 0 Å². The summed E-state index contributed by atoms with van der Waals surface area (Å²) in [6.45, 7) is 1.64. The highest BCUT2D eigenvalue weighted by molar-refractivity contribution is 5.85. The van der Waals surface area contributed by atoms with Crippen LogP contribution in [-0.4, -0.2) is 11.1 Å². The standard InChI is InChI=1S/C11H9F3O2/c1-7-2-4-9(11(12,13)14)8(6-7)3-5-10(15)16/h2-6H,1H3,(H,15,16)/b5-3-. The van der Waals surface area contributed by atoms with Crippen molar-refractivity contribution in [2.24, 2.45) is 0 Å². The zero-order valence-corrected chi connectivity index (χ0v) is 8.38. The molecular formula is C11H9F3O2. The molecule has 16 heavy (non-hydrogen) atoms. The highest BCUT2D eigenvalue weighted by atomic mass is 19.4. The number of hydrogen-bond acceptors (Lipinski definition) is 1. The number of hydrogen-bond donors (Lipinski definition) is 1. The molecule has 0 fully saturated rings. The fourth-order valence-corrected chi connectivity index (χ4v) is 1.24. The Morgan fingerprint density at radius 1 is 1.38 bits per heavy atom. The van der Waals surface area contributed by atoms with Crippen molar-refractivity contribution < 1.29 is 23.1 Å². The Morgan fingerprint density at radius 3 is 2.50 bits per heavy atom. The van der Waals surface area contributed by atoms with Gasteiger partial charge in [0.1, 0.15) is 0 Å². The van der Waals surface area contributed by atoms with E-state index < -0.39 is 17.7 Å². The molecule has 0 aliphatic heterocycles. The Morgan fingerprint density at radius 2 is 2.00 bits per heavy atom. The van der Waals surface area contributed by atoms with Crippen molar-refractivity contribution in [2.45, 2.75) is 13.1 Å². The Labute approximate surface area is 90.0 Å². The molecule has 0 saturated heterocycles. The van der Waals surface area contributed by atoms with Gasteiger partial charge < -0.3 is 5.11 Å². The molecule has 1 aromatic rings. The average Bonchev–Trinajstić information content (AvgIpc) is 2.12. The van der Waals surface area contributed by atoms with Crippen LogP contribution in [0.4, 0.5) is 13.2 Å². The van der Waals surface area contributed by atoms with Crippen LogP contribution >= 0.6 is 0 Å². The van der Waals surface area contributed by atoms with Gasteiger partial charge in [0, 0.05) is 6.08 Å². The minimum Gasteiger partial charge on any atom is -0.478 e. The van der Waals surface area contributed by atoms with E-state index in [9.17, 15) is 18.0 Å². The number of aliphatic carboxylic acids is 1. The Bertz CT molecular complexity index is 433. The Balaban J connectivity index is 3.24. The molecule has 0 unspecified atom stereocenters. The molecular weight excluding hydrogens is 221 g/mol. The number of carboxylic acids is 1. The summed E-state index contributed by atoms with van der Waals surface area (Å²) in [6.07, 6.45) is -2.85. The topological polar surface area (TPSA) is 37.3 Å². The van der Waals surface area contributed by atoms with Gasteiger partial charge in [0.05, 0.1) is 5.56 Å². The molecule has 0 amide bonds. The number of aryl methyl sites for hydroxylation is 1. The van der Waals surface area contributed by atoms with Crippen molar-refractivity contribution in [3.8, 4) is 0 Å². The van der Waals surface area contributed by atoms with Crippen LogP contribution < -0.4 is 0 Å². The quantitative estimate of drug-likeness (QED) is 0.792. The van der Waals surface area contributed by atoms with E-state index in [1.54, 1.807) is 6.92 Å². The fraction of sp³-hybridized carbons (Fsp3) is 0.182. The fourth-order valence-electron chi connectivity index (χ4n) is 1.24. The molecule has 1 rings (SSSR count). The van der Waals surface area contributed by atoms with Crippen LogP contribution in [-0.2, 0) is 11.0 Å². The Hall–Kier alpha value is -1.78. The summed E-state index contributed by atoms with van der Waals surface area (Å²) in [7, 11) is 0. The monoisotopic (exact) mass is 230 g/mol. The van der Waals surface area contributed by atoms with E-state index in [-0.39, 0.29) is 5.56 Å². The van der Waals surface area contributed by atoms with Gasteiger partial charge in [-0.1, -0.05) is 17.7 Å². The molecule has 0 spiro atoms. The smallest absolute Gasteiger partial charge is 0.416 e. The van der Waals surface area contributed by atoms with Gasteiger partial charge in [0.2, 0.25) is 0 Å². The first-order valence-electron chi connectivity index (χ1n) is 4.39. The van der Waals surface area contributed by atoms with Crippen molar-refractivity contribution in [3.05, 3.63) is 41.0 Å². The molecule has 0 aliphatic rings. The molecule has 0 aliphatic carbocycles. The van der Waals surface area contributed by atoms with E-state index >= 15 is 0 Å². The van der Waals surface area contributed by atoms with E-state index in [2.05, 4.69) is 0 Å². The first-order chi connectivity index (χ1) is 7.30. The van der Waals surface area contributed by atoms with Crippen LogP contribution in [0.3, 0.4) is 0 Å². The van der Waals surface area contributed by atoms with Gasteiger partial charge in [-0.3, -0.25) is 0 Å². The third kappa shape index (κ3) is 3.12. The van der Waals surface area contributed by atoms with Crippen LogP contribution in [0.25, 0.3) is 6.08 Å². The van der Waals surface area contributed by atoms with Gasteiger partial charge in [-0.25, -0.2) is 4.79 Å². The van der Waals surface area contributed by atoms with Gasteiger partial charge in [0.15, 0.2) is 0 Å². The summed E-state index contributed by atoms with van der Waals surface area (Å²) in [5, 5.41) is 8.37. The van der Waals surface area contributed by atoms with Crippen LogP contribution in [0.15, 0.2) is 24.3 Å². The van der Waals surface area contributed by atoms with Crippen molar-refractivity contribution in [2.75, 3.05) is 0 Å². The van der Waals surface area contributed by atoms with E-state index in [4.69, 9.17) is 5.11 Å². The van der Waals surface area contributed by atoms with Crippen molar-refractivity contribution in [3.63, 3.8) is 0 Å². The number of carbonyl (C=O) groups is 1. The Kier molecular flexibility index (Phi) is 3.37. The summed E-state index contributed by atoms with van der Waals surface area (Å²) in [5.74, 6) is -1.28. The third-order valence-electron chi connectivity index (χ3n) is 1.92. The van der Waals surface area contributed by atoms with Gasteiger partial charge >= 0.3 is 12.1 Å². The third-order valence-corrected chi connectivity index (χ3v) is 1.92. The molecule has 1 aromatic carbocycles. The highest BCUT2D eigenvalue weighted by Crippen LogP contribution is 2.32. The lowest BCUT2D eigenvalue weighted by atomic mass is 10.0. The maximum atomic E-state index is 12.5. The number of rotatable bonds is 2. The minimum atomic E-state index is -4.48. The summed E-state index contributed by atoms with van der Waals surface area (Å²) >= 11 is 0. The summed E-state index contributed by atoms with van der Waals surface area (Å²) < 4.78 is 37.6. The van der Waals surface area contributed by atoms with Crippen LogP contribution in [0.5, 0.6) is 0 Å². The molecule has 86 valence electrons. The molecule has 0 aromatic heterocycles. The molecule has 0 heterocycles. The second-order valence-corrected chi connectivity index (χ2v) is 3.26. The van der Waals surface area contributed by atoms with Gasteiger partial charge in [-0.05, 0) is 24.6 Å². The molecule has 0 atom stereocenters. The predicted octanol–water partition coefficient (Wildman–Crippen LogP) is 3.11. The van der Waals surface area contributed by atoms with Crippen LogP contribution in [0, 0.1) is 6.92 Å². The normalized spacial score (nSPS) is 12.0. The summed E-state index contributed by atoms with van der Waals surface area (Å²) in [6, 6.07) is 3.57. The maximum absolute atomic E-state index is 12.5.